The predicted octanol–water partition coefficient (Wildman–Crippen LogP) is 4.17. The molecule has 2 aliphatic rings. The number of carbonyl (C=O) groups excluding carboxylic acids is 1. The Morgan fingerprint density at radius 3 is 2.42 bits per heavy atom. The van der Waals surface area contributed by atoms with E-state index >= 15 is 0 Å². The van der Waals surface area contributed by atoms with Crippen LogP contribution in [0.25, 0.3) is 0 Å². The van der Waals surface area contributed by atoms with Crippen molar-refractivity contribution >= 4 is 5.91 Å². The third kappa shape index (κ3) is 3.66. The monoisotopic (exact) mass is 328 g/mol. The Hall–Kier alpha value is -1.35. The van der Waals surface area contributed by atoms with Crippen LogP contribution in [0.5, 0.6) is 0 Å². The Labute approximate surface area is 146 Å². The first-order valence-corrected chi connectivity index (χ1v) is 9.52. The second-order valence-corrected chi connectivity index (χ2v) is 8.68. The summed E-state index contributed by atoms with van der Waals surface area (Å²) in [5.74, 6) is 0.696. The van der Waals surface area contributed by atoms with Crippen molar-refractivity contribution in [1.29, 1.82) is 0 Å². The minimum atomic E-state index is 0.169. The van der Waals surface area contributed by atoms with E-state index in [1.54, 1.807) is 0 Å². The molecule has 3 rings (SSSR count). The quantitative estimate of drug-likeness (QED) is 0.905. The Balaban J connectivity index is 1.69. The minimum Gasteiger partial charge on any atom is -0.336 e. The molecule has 1 aromatic carbocycles. The summed E-state index contributed by atoms with van der Waals surface area (Å²) in [6.07, 6.45) is 6.20. The van der Waals surface area contributed by atoms with Crippen LogP contribution in [-0.2, 0) is 10.2 Å². The molecule has 1 aliphatic heterocycles. The van der Waals surface area contributed by atoms with Crippen molar-refractivity contribution in [2.24, 2.45) is 11.7 Å². The minimum absolute atomic E-state index is 0.169. The van der Waals surface area contributed by atoms with Crippen molar-refractivity contribution < 1.29 is 4.79 Å². The second-order valence-electron chi connectivity index (χ2n) is 8.68. The van der Waals surface area contributed by atoms with Gasteiger partial charge in [0.1, 0.15) is 0 Å². The maximum absolute atomic E-state index is 12.8. The van der Waals surface area contributed by atoms with E-state index in [0.29, 0.717) is 18.2 Å². The van der Waals surface area contributed by atoms with Crippen LogP contribution >= 0.6 is 0 Å². The Morgan fingerprint density at radius 1 is 1.12 bits per heavy atom. The average molecular weight is 328 g/mol. The first-order chi connectivity index (χ1) is 11.4. The van der Waals surface area contributed by atoms with Crippen molar-refractivity contribution in [1.82, 2.24) is 4.90 Å². The summed E-state index contributed by atoms with van der Waals surface area (Å²) in [6, 6.07) is 9.37. The standard InChI is InChI=1S/C21H32N2O/c1-21(2,3)17-11-9-15(10-12-17)19-8-5-13-23(19)20(24)14-16-6-4-7-18(16)22/h9-12,16,18-19H,4-8,13-14,22H2,1-3H3/t16-,18+,19?/m0/s1. The lowest BCUT2D eigenvalue weighted by molar-refractivity contribution is -0.133. The molecule has 0 radical (unpaired) electrons. The molecule has 0 aromatic heterocycles. The molecular weight excluding hydrogens is 296 g/mol. The third-order valence-electron chi connectivity index (χ3n) is 5.89. The van der Waals surface area contributed by atoms with Gasteiger partial charge in [-0.25, -0.2) is 0 Å². The fraction of sp³-hybridized carbons (Fsp3) is 0.667. The van der Waals surface area contributed by atoms with Gasteiger partial charge in [0, 0.05) is 19.0 Å². The number of hydrogen-bond donors (Lipinski definition) is 1. The molecule has 1 amide bonds. The number of hydrogen-bond acceptors (Lipinski definition) is 2. The predicted molar refractivity (Wildman–Crippen MR) is 98.8 cm³/mol. The highest BCUT2D eigenvalue weighted by Gasteiger charge is 2.33. The van der Waals surface area contributed by atoms with E-state index in [4.69, 9.17) is 5.73 Å². The zero-order valence-corrected chi connectivity index (χ0v) is 15.4. The summed E-state index contributed by atoms with van der Waals surface area (Å²) in [5.41, 5.74) is 8.96. The molecule has 2 N–H and O–H groups in total. The Bertz CT molecular complexity index is 572. The number of benzene rings is 1. The molecule has 0 bridgehead atoms. The van der Waals surface area contributed by atoms with Crippen LogP contribution in [0, 0.1) is 5.92 Å². The van der Waals surface area contributed by atoms with Gasteiger partial charge in [-0.15, -0.1) is 0 Å². The second kappa shape index (κ2) is 6.87. The number of rotatable bonds is 3. The molecule has 1 unspecified atom stereocenters. The summed E-state index contributed by atoms with van der Waals surface area (Å²) in [4.78, 5) is 14.9. The van der Waals surface area contributed by atoms with Crippen molar-refractivity contribution in [3.63, 3.8) is 0 Å². The molecule has 3 atom stereocenters. The van der Waals surface area contributed by atoms with Gasteiger partial charge in [0.15, 0.2) is 0 Å². The lowest BCUT2D eigenvalue weighted by Crippen LogP contribution is -2.35. The Morgan fingerprint density at radius 2 is 1.83 bits per heavy atom. The first kappa shape index (κ1) is 17.5. The molecule has 1 aromatic rings. The van der Waals surface area contributed by atoms with E-state index in [2.05, 4.69) is 49.9 Å². The molecule has 2 fully saturated rings. The van der Waals surface area contributed by atoms with Gasteiger partial charge in [0.25, 0.3) is 0 Å². The van der Waals surface area contributed by atoms with Gasteiger partial charge in [0.05, 0.1) is 6.04 Å². The molecule has 3 nitrogen and oxygen atoms in total. The largest absolute Gasteiger partial charge is 0.336 e. The normalized spacial score (nSPS) is 27.7. The number of likely N-dealkylation sites (tertiary alicyclic amines) is 1. The number of amides is 1. The van der Waals surface area contributed by atoms with Gasteiger partial charge in [-0.2, -0.15) is 0 Å². The van der Waals surface area contributed by atoms with Gasteiger partial charge in [-0.1, -0.05) is 51.5 Å². The highest BCUT2D eigenvalue weighted by atomic mass is 16.2. The molecular formula is C21H32N2O. The van der Waals surface area contributed by atoms with Crippen LogP contribution in [0.15, 0.2) is 24.3 Å². The fourth-order valence-electron chi connectivity index (χ4n) is 4.28. The van der Waals surface area contributed by atoms with E-state index < -0.39 is 0 Å². The maximum Gasteiger partial charge on any atom is 0.223 e. The smallest absolute Gasteiger partial charge is 0.223 e. The average Bonchev–Trinajstić information content (AvgIpc) is 3.16. The van der Waals surface area contributed by atoms with E-state index in [1.807, 2.05) is 0 Å². The zero-order chi connectivity index (χ0) is 17.3. The maximum atomic E-state index is 12.8. The molecule has 24 heavy (non-hydrogen) atoms. The van der Waals surface area contributed by atoms with E-state index in [1.165, 1.54) is 17.5 Å². The van der Waals surface area contributed by atoms with Gasteiger partial charge in [0.2, 0.25) is 5.91 Å². The van der Waals surface area contributed by atoms with Gasteiger partial charge in [-0.05, 0) is 48.1 Å². The summed E-state index contributed by atoms with van der Waals surface area (Å²) >= 11 is 0. The first-order valence-electron chi connectivity index (χ1n) is 9.52. The van der Waals surface area contributed by atoms with E-state index in [9.17, 15) is 4.79 Å². The fourth-order valence-corrected chi connectivity index (χ4v) is 4.28. The SMILES string of the molecule is CC(C)(C)c1ccc(C2CCCN2C(=O)C[C@@H]2CCC[C@H]2N)cc1. The summed E-state index contributed by atoms with van der Waals surface area (Å²) in [5, 5.41) is 0. The van der Waals surface area contributed by atoms with Crippen LogP contribution in [0.2, 0.25) is 0 Å². The molecule has 3 heteroatoms. The van der Waals surface area contributed by atoms with Crippen LogP contribution in [0.1, 0.15) is 76.5 Å². The summed E-state index contributed by atoms with van der Waals surface area (Å²) in [7, 11) is 0. The van der Waals surface area contributed by atoms with Gasteiger partial charge in [-0.3, -0.25) is 4.79 Å². The zero-order valence-electron chi connectivity index (χ0n) is 15.4. The molecule has 1 heterocycles. The van der Waals surface area contributed by atoms with E-state index in [-0.39, 0.29) is 17.5 Å². The van der Waals surface area contributed by atoms with Crippen molar-refractivity contribution in [2.45, 2.75) is 76.8 Å². The molecule has 1 aliphatic carbocycles. The Kier molecular flexibility index (Phi) is 5.00. The summed E-state index contributed by atoms with van der Waals surface area (Å²) in [6.45, 7) is 7.60. The third-order valence-corrected chi connectivity index (χ3v) is 5.89. The number of carbonyl (C=O) groups is 1. The van der Waals surface area contributed by atoms with Crippen molar-refractivity contribution in [2.75, 3.05) is 6.54 Å². The van der Waals surface area contributed by atoms with Crippen LogP contribution < -0.4 is 5.73 Å². The van der Waals surface area contributed by atoms with Gasteiger partial charge < -0.3 is 10.6 Å². The van der Waals surface area contributed by atoms with E-state index in [0.717, 1.165) is 32.2 Å². The number of nitrogens with zero attached hydrogens (tertiary/aromatic N) is 1. The summed E-state index contributed by atoms with van der Waals surface area (Å²) < 4.78 is 0. The number of nitrogens with two attached hydrogens (primary N) is 1. The molecule has 0 spiro atoms. The van der Waals surface area contributed by atoms with Crippen LogP contribution in [0.3, 0.4) is 0 Å². The van der Waals surface area contributed by atoms with Crippen molar-refractivity contribution in [3.8, 4) is 0 Å². The highest BCUT2D eigenvalue weighted by Crippen LogP contribution is 2.35. The lowest BCUT2D eigenvalue weighted by Gasteiger charge is -2.28. The molecule has 1 saturated heterocycles. The lowest BCUT2D eigenvalue weighted by atomic mass is 9.86. The van der Waals surface area contributed by atoms with Crippen LogP contribution in [0.4, 0.5) is 0 Å². The van der Waals surface area contributed by atoms with Crippen LogP contribution in [-0.4, -0.2) is 23.4 Å². The highest BCUT2D eigenvalue weighted by molar-refractivity contribution is 5.77. The molecule has 132 valence electrons. The molecule has 1 saturated carbocycles. The van der Waals surface area contributed by atoms with Crippen molar-refractivity contribution in [3.05, 3.63) is 35.4 Å². The topological polar surface area (TPSA) is 46.3 Å². The van der Waals surface area contributed by atoms with Gasteiger partial charge >= 0.3 is 0 Å².